The lowest BCUT2D eigenvalue weighted by molar-refractivity contribution is 0.341. The average Bonchev–Trinajstić information content (AvgIpc) is 2.26. The summed E-state index contributed by atoms with van der Waals surface area (Å²) < 4.78 is 26.5. The van der Waals surface area contributed by atoms with Gasteiger partial charge < -0.3 is 5.32 Å². The summed E-state index contributed by atoms with van der Waals surface area (Å²) in [5.41, 5.74) is 0. The van der Waals surface area contributed by atoms with Crippen molar-refractivity contribution in [3.05, 3.63) is 0 Å². The number of nitrogens with zero attached hydrogens (tertiary/aromatic N) is 1. The molecule has 0 radical (unpaired) electrons. The van der Waals surface area contributed by atoms with Gasteiger partial charge in [0.25, 0.3) is 0 Å². The van der Waals surface area contributed by atoms with E-state index in [1.807, 2.05) is 20.8 Å². The van der Waals surface area contributed by atoms with Crippen LogP contribution in [0.2, 0.25) is 0 Å². The average molecular weight is 248 g/mol. The first-order valence-corrected chi connectivity index (χ1v) is 7.71. The lowest BCUT2D eigenvalue weighted by Crippen LogP contribution is -2.46. The maximum Gasteiger partial charge on any atom is 0.217 e. The molecule has 96 valence electrons. The van der Waals surface area contributed by atoms with E-state index in [1.54, 1.807) is 4.31 Å². The Labute approximate surface area is 99.5 Å². The molecule has 1 fully saturated rings. The molecule has 1 aliphatic heterocycles. The van der Waals surface area contributed by atoms with E-state index in [9.17, 15) is 8.42 Å². The molecule has 0 aromatic heterocycles. The first kappa shape index (κ1) is 13.9. The van der Waals surface area contributed by atoms with Gasteiger partial charge in [-0.2, -0.15) is 4.31 Å². The molecule has 16 heavy (non-hydrogen) atoms. The Morgan fingerprint density at radius 3 is 2.31 bits per heavy atom. The summed E-state index contributed by atoms with van der Waals surface area (Å²) in [6.07, 6.45) is 2.37. The number of rotatable bonds is 5. The van der Waals surface area contributed by atoms with Crippen molar-refractivity contribution >= 4 is 10.0 Å². The van der Waals surface area contributed by atoms with Gasteiger partial charge >= 0.3 is 0 Å². The maximum atomic E-state index is 12.4. The Morgan fingerprint density at radius 2 is 1.88 bits per heavy atom. The van der Waals surface area contributed by atoms with Gasteiger partial charge in [0.1, 0.15) is 0 Å². The van der Waals surface area contributed by atoms with Gasteiger partial charge in [-0.05, 0) is 46.2 Å². The van der Waals surface area contributed by atoms with Crippen molar-refractivity contribution in [2.24, 2.45) is 0 Å². The Balaban J connectivity index is 2.79. The quantitative estimate of drug-likeness (QED) is 0.795. The van der Waals surface area contributed by atoms with E-state index in [0.29, 0.717) is 6.54 Å². The van der Waals surface area contributed by atoms with Crippen LogP contribution in [0.15, 0.2) is 0 Å². The van der Waals surface area contributed by atoms with Gasteiger partial charge in [-0.1, -0.05) is 6.92 Å². The molecule has 0 saturated carbocycles. The van der Waals surface area contributed by atoms with Gasteiger partial charge in [-0.25, -0.2) is 8.42 Å². The van der Waals surface area contributed by atoms with E-state index < -0.39 is 10.0 Å². The van der Waals surface area contributed by atoms with Crippen molar-refractivity contribution in [1.29, 1.82) is 0 Å². The molecule has 0 unspecified atom stereocenters. The van der Waals surface area contributed by atoms with Crippen molar-refractivity contribution in [1.82, 2.24) is 9.62 Å². The number of sulfonamides is 1. The molecule has 5 heteroatoms. The molecule has 0 spiro atoms. The minimum Gasteiger partial charge on any atom is -0.317 e. The predicted octanol–water partition coefficient (Wildman–Crippen LogP) is 1.19. The minimum absolute atomic E-state index is 0.0693. The van der Waals surface area contributed by atoms with E-state index in [4.69, 9.17) is 0 Å². The van der Waals surface area contributed by atoms with Crippen LogP contribution in [0, 0.1) is 0 Å². The zero-order valence-corrected chi connectivity index (χ0v) is 11.4. The smallest absolute Gasteiger partial charge is 0.217 e. The molecule has 0 bridgehead atoms. The molecule has 4 nitrogen and oxygen atoms in total. The highest BCUT2D eigenvalue weighted by Gasteiger charge is 2.33. The molecule has 1 saturated heterocycles. The molecule has 1 rings (SSSR count). The zero-order valence-electron chi connectivity index (χ0n) is 10.6. The molecule has 1 N–H and O–H groups in total. The van der Waals surface area contributed by atoms with Crippen molar-refractivity contribution in [2.75, 3.05) is 19.6 Å². The van der Waals surface area contributed by atoms with Crippen LogP contribution < -0.4 is 5.32 Å². The second-order valence-electron chi connectivity index (χ2n) is 4.70. The topological polar surface area (TPSA) is 49.4 Å². The first-order chi connectivity index (χ1) is 7.50. The van der Waals surface area contributed by atoms with Gasteiger partial charge in [0, 0.05) is 12.6 Å². The van der Waals surface area contributed by atoms with Crippen molar-refractivity contribution in [2.45, 2.75) is 51.3 Å². The second kappa shape index (κ2) is 5.98. The fourth-order valence-corrected chi connectivity index (χ4v) is 4.42. The number of hydrogen-bond acceptors (Lipinski definition) is 3. The van der Waals surface area contributed by atoms with Crippen molar-refractivity contribution in [3.8, 4) is 0 Å². The monoisotopic (exact) mass is 248 g/mol. The summed E-state index contributed by atoms with van der Waals surface area (Å²) in [6, 6.07) is 0.0693. The van der Waals surface area contributed by atoms with Gasteiger partial charge in [0.05, 0.1) is 5.25 Å². The van der Waals surface area contributed by atoms with E-state index in [1.165, 1.54) is 0 Å². The molecular weight excluding hydrogens is 224 g/mol. The van der Waals surface area contributed by atoms with E-state index in [0.717, 1.165) is 32.4 Å². The van der Waals surface area contributed by atoms with Gasteiger partial charge in [-0.3, -0.25) is 0 Å². The third-order valence-corrected chi connectivity index (χ3v) is 5.63. The number of nitrogens with one attached hydrogen (secondary N) is 1. The molecular formula is C11H24N2O2S. The second-order valence-corrected chi connectivity index (χ2v) is 6.86. The molecule has 0 amide bonds. The SMILES string of the molecule is CCCN(C(C)C)S(=O)(=O)C1CCNCC1. The van der Waals surface area contributed by atoms with Crippen LogP contribution in [0.5, 0.6) is 0 Å². The fraction of sp³-hybridized carbons (Fsp3) is 1.00. The van der Waals surface area contributed by atoms with Crippen molar-refractivity contribution in [3.63, 3.8) is 0 Å². The predicted molar refractivity (Wildman–Crippen MR) is 66.9 cm³/mol. The third-order valence-electron chi connectivity index (χ3n) is 3.05. The zero-order chi connectivity index (χ0) is 12.2. The third kappa shape index (κ3) is 3.18. The largest absolute Gasteiger partial charge is 0.317 e. The van der Waals surface area contributed by atoms with Crippen LogP contribution in [0.1, 0.15) is 40.0 Å². The molecule has 0 aromatic carbocycles. The Hall–Kier alpha value is -0.130. The fourth-order valence-electron chi connectivity index (χ4n) is 2.18. The molecule has 0 atom stereocenters. The Bertz CT molecular complexity index is 295. The van der Waals surface area contributed by atoms with Crippen LogP contribution in [-0.2, 0) is 10.0 Å². The van der Waals surface area contributed by atoms with Crippen LogP contribution in [0.25, 0.3) is 0 Å². The normalized spacial score (nSPS) is 19.6. The highest BCUT2D eigenvalue weighted by Crippen LogP contribution is 2.20. The summed E-state index contributed by atoms with van der Waals surface area (Å²) in [5.74, 6) is 0. The number of piperidine rings is 1. The van der Waals surface area contributed by atoms with Crippen LogP contribution in [-0.4, -0.2) is 43.6 Å². The van der Waals surface area contributed by atoms with E-state index in [2.05, 4.69) is 5.32 Å². The van der Waals surface area contributed by atoms with E-state index >= 15 is 0 Å². The van der Waals surface area contributed by atoms with Crippen LogP contribution in [0.3, 0.4) is 0 Å². The maximum absolute atomic E-state index is 12.4. The molecule has 1 aliphatic rings. The van der Waals surface area contributed by atoms with Gasteiger partial charge in [0.15, 0.2) is 0 Å². The molecule has 1 heterocycles. The van der Waals surface area contributed by atoms with Crippen molar-refractivity contribution < 1.29 is 8.42 Å². The first-order valence-electron chi connectivity index (χ1n) is 6.21. The van der Waals surface area contributed by atoms with E-state index in [-0.39, 0.29) is 11.3 Å². The minimum atomic E-state index is -3.09. The summed E-state index contributed by atoms with van der Waals surface area (Å²) >= 11 is 0. The summed E-state index contributed by atoms with van der Waals surface area (Å²) in [6.45, 7) is 8.21. The van der Waals surface area contributed by atoms with Crippen LogP contribution >= 0.6 is 0 Å². The highest BCUT2D eigenvalue weighted by atomic mass is 32.2. The Morgan fingerprint density at radius 1 is 1.31 bits per heavy atom. The summed E-state index contributed by atoms with van der Waals surface area (Å²) in [7, 11) is -3.09. The van der Waals surface area contributed by atoms with Gasteiger partial charge in [-0.15, -0.1) is 0 Å². The lowest BCUT2D eigenvalue weighted by atomic mass is 10.2. The van der Waals surface area contributed by atoms with Gasteiger partial charge in [0.2, 0.25) is 10.0 Å². The molecule has 0 aromatic rings. The standard InChI is InChI=1S/C11H24N2O2S/c1-4-9-13(10(2)3)16(14,15)11-5-7-12-8-6-11/h10-12H,4-9H2,1-3H3. The summed E-state index contributed by atoms with van der Waals surface area (Å²) in [4.78, 5) is 0. The number of hydrogen-bond donors (Lipinski definition) is 1. The lowest BCUT2D eigenvalue weighted by Gasteiger charge is -2.32. The highest BCUT2D eigenvalue weighted by molar-refractivity contribution is 7.89. The molecule has 0 aliphatic carbocycles. The Kier molecular flexibility index (Phi) is 5.21. The summed E-state index contributed by atoms with van der Waals surface area (Å²) in [5, 5.41) is 3.03. The van der Waals surface area contributed by atoms with Crippen LogP contribution in [0.4, 0.5) is 0 Å².